The van der Waals surface area contributed by atoms with Gasteiger partial charge in [-0.25, -0.2) is 0 Å². The molecular weight excluding hydrogens is 236 g/mol. The van der Waals surface area contributed by atoms with E-state index in [-0.39, 0.29) is 0 Å². The Morgan fingerprint density at radius 3 is 2.53 bits per heavy atom. The fourth-order valence-corrected chi connectivity index (χ4v) is 2.27. The summed E-state index contributed by atoms with van der Waals surface area (Å²) in [6.07, 6.45) is 1.01. The Labute approximate surface area is 117 Å². The van der Waals surface area contributed by atoms with Gasteiger partial charge in [0.15, 0.2) is 0 Å². The molecular formula is C16H28N2O. The van der Waals surface area contributed by atoms with E-state index in [1.807, 2.05) is 12.1 Å². The van der Waals surface area contributed by atoms with Crippen molar-refractivity contribution in [1.82, 2.24) is 4.90 Å². The van der Waals surface area contributed by atoms with Crippen molar-refractivity contribution in [2.45, 2.75) is 20.3 Å². The molecule has 3 heteroatoms. The molecule has 0 heterocycles. The van der Waals surface area contributed by atoms with Crippen molar-refractivity contribution in [3.05, 3.63) is 29.8 Å². The lowest BCUT2D eigenvalue weighted by atomic mass is 9.95. The lowest BCUT2D eigenvalue weighted by molar-refractivity contribution is 0.242. The topological polar surface area (TPSA) is 38.5 Å². The van der Waals surface area contributed by atoms with Crippen LogP contribution in [-0.2, 0) is 6.42 Å². The monoisotopic (exact) mass is 264 g/mol. The molecule has 0 saturated carbocycles. The van der Waals surface area contributed by atoms with Gasteiger partial charge >= 0.3 is 0 Å². The van der Waals surface area contributed by atoms with E-state index in [2.05, 4.69) is 37.9 Å². The molecule has 3 nitrogen and oxygen atoms in total. The molecule has 0 radical (unpaired) electrons. The molecule has 0 amide bonds. The number of ether oxygens (including phenoxy) is 1. The number of methoxy groups -OCH3 is 1. The average Bonchev–Trinajstić information content (AvgIpc) is 2.42. The molecule has 1 unspecified atom stereocenters. The minimum Gasteiger partial charge on any atom is -0.496 e. The van der Waals surface area contributed by atoms with Gasteiger partial charge < -0.3 is 15.4 Å². The number of nitrogens with two attached hydrogens (primary N) is 1. The SMILES string of the molecule is COc1ccccc1CCN(C)CC(CN)C(C)C. The highest BCUT2D eigenvalue weighted by Crippen LogP contribution is 2.18. The molecule has 0 aliphatic rings. The van der Waals surface area contributed by atoms with Crippen molar-refractivity contribution in [2.24, 2.45) is 17.6 Å². The van der Waals surface area contributed by atoms with Gasteiger partial charge in [-0.1, -0.05) is 32.0 Å². The normalized spacial score (nSPS) is 13.0. The predicted molar refractivity (Wildman–Crippen MR) is 81.6 cm³/mol. The smallest absolute Gasteiger partial charge is 0.122 e. The molecule has 0 saturated heterocycles. The first-order valence-electron chi connectivity index (χ1n) is 7.09. The van der Waals surface area contributed by atoms with Crippen LogP contribution in [0.25, 0.3) is 0 Å². The lowest BCUT2D eigenvalue weighted by Gasteiger charge is -2.25. The van der Waals surface area contributed by atoms with Crippen molar-refractivity contribution < 1.29 is 4.74 Å². The van der Waals surface area contributed by atoms with E-state index < -0.39 is 0 Å². The van der Waals surface area contributed by atoms with Gasteiger partial charge in [-0.05, 0) is 43.5 Å². The third kappa shape index (κ3) is 5.21. The molecule has 0 fully saturated rings. The zero-order valence-electron chi connectivity index (χ0n) is 12.7. The molecule has 1 aromatic carbocycles. The Bertz CT molecular complexity index is 366. The van der Waals surface area contributed by atoms with Gasteiger partial charge in [0, 0.05) is 13.1 Å². The molecule has 2 N–H and O–H groups in total. The van der Waals surface area contributed by atoms with Crippen LogP contribution in [0.5, 0.6) is 5.75 Å². The summed E-state index contributed by atoms with van der Waals surface area (Å²) in [7, 11) is 3.90. The highest BCUT2D eigenvalue weighted by molar-refractivity contribution is 5.33. The molecule has 1 aromatic rings. The van der Waals surface area contributed by atoms with Crippen LogP contribution in [0.3, 0.4) is 0 Å². The Hall–Kier alpha value is -1.06. The van der Waals surface area contributed by atoms with Crippen LogP contribution < -0.4 is 10.5 Å². The molecule has 0 bridgehead atoms. The first-order valence-corrected chi connectivity index (χ1v) is 7.09. The molecule has 0 aromatic heterocycles. The number of nitrogens with zero attached hydrogens (tertiary/aromatic N) is 1. The van der Waals surface area contributed by atoms with Gasteiger partial charge in [0.25, 0.3) is 0 Å². The fourth-order valence-electron chi connectivity index (χ4n) is 2.27. The Balaban J connectivity index is 2.47. The zero-order chi connectivity index (χ0) is 14.3. The largest absolute Gasteiger partial charge is 0.496 e. The van der Waals surface area contributed by atoms with Gasteiger partial charge in [0.1, 0.15) is 5.75 Å². The van der Waals surface area contributed by atoms with Crippen molar-refractivity contribution in [3.63, 3.8) is 0 Å². The van der Waals surface area contributed by atoms with Crippen molar-refractivity contribution in [3.8, 4) is 5.75 Å². The van der Waals surface area contributed by atoms with Crippen LogP contribution in [0.15, 0.2) is 24.3 Å². The predicted octanol–water partition coefficient (Wildman–Crippen LogP) is 2.40. The summed E-state index contributed by atoms with van der Waals surface area (Å²) in [5.41, 5.74) is 7.10. The van der Waals surface area contributed by atoms with Crippen molar-refractivity contribution in [2.75, 3.05) is 33.8 Å². The minimum atomic E-state index is 0.572. The Kier molecular flexibility index (Phi) is 6.89. The van der Waals surface area contributed by atoms with Crippen LogP contribution in [-0.4, -0.2) is 38.7 Å². The third-order valence-corrected chi connectivity index (χ3v) is 3.75. The second kappa shape index (κ2) is 8.18. The van der Waals surface area contributed by atoms with E-state index in [9.17, 15) is 0 Å². The molecule has 19 heavy (non-hydrogen) atoms. The summed E-state index contributed by atoms with van der Waals surface area (Å²) in [6, 6.07) is 8.23. The van der Waals surface area contributed by atoms with Gasteiger partial charge in [-0.2, -0.15) is 0 Å². The zero-order valence-corrected chi connectivity index (χ0v) is 12.7. The molecule has 1 rings (SSSR count). The first-order chi connectivity index (χ1) is 9.08. The standard InChI is InChI=1S/C16H28N2O/c1-13(2)15(11-17)12-18(3)10-9-14-7-5-6-8-16(14)19-4/h5-8,13,15H,9-12,17H2,1-4H3. The maximum absolute atomic E-state index is 5.83. The van der Waals surface area contributed by atoms with Crippen LogP contribution in [0.4, 0.5) is 0 Å². The maximum atomic E-state index is 5.83. The highest BCUT2D eigenvalue weighted by Gasteiger charge is 2.14. The van der Waals surface area contributed by atoms with Crippen molar-refractivity contribution >= 4 is 0 Å². The van der Waals surface area contributed by atoms with Gasteiger partial charge in [-0.3, -0.25) is 0 Å². The molecule has 0 spiro atoms. The van der Waals surface area contributed by atoms with Gasteiger partial charge in [0.2, 0.25) is 0 Å². The minimum absolute atomic E-state index is 0.572. The number of para-hydroxylation sites is 1. The second-order valence-corrected chi connectivity index (χ2v) is 5.56. The van der Waals surface area contributed by atoms with E-state index in [1.165, 1.54) is 5.56 Å². The van der Waals surface area contributed by atoms with Gasteiger partial charge in [-0.15, -0.1) is 0 Å². The summed E-state index contributed by atoms with van der Waals surface area (Å²) in [5.74, 6) is 2.19. The summed E-state index contributed by atoms with van der Waals surface area (Å²) >= 11 is 0. The first kappa shape index (κ1) is 16.0. The number of hydrogen-bond acceptors (Lipinski definition) is 3. The molecule has 0 aliphatic heterocycles. The second-order valence-electron chi connectivity index (χ2n) is 5.56. The van der Waals surface area contributed by atoms with E-state index in [0.29, 0.717) is 11.8 Å². The summed E-state index contributed by atoms with van der Waals surface area (Å²) in [6.45, 7) is 7.33. The number of likely N-dealkylation sites (N-methyl/N-ethyl adjacent to an activating group) is 1. The van der Waals surface area contributed by atoms with E-state index in [0.717, 1.165) is 31.8 Å². The highest BCUT2D eigenvalue weighted by atomic mass is 16.5. The lowest BCUT2D eigenvalue weighted by Crippen LogP contribution is -2.34. The maximum Gasteiger partial charge on any atom is 0.122 e. The Morgan fingerprint density at radius 1 is 1.26 bits per heavy atom. The van der Waals surface area contributed by atoms with Crippen LogP contribution in [0, 0.1) is 11.8 Å². The van der Waals surface area contributed by atoms with Crippen LogP contribution in [0.1, 0.15) is 19.4 Å². The number of rotatable bonds is 8. The number of hydrogen-bond donors (Lipinski definition) is 1. The van der Waals surface area contributed by atoms with E-state index >= 15 is 0 Å². The average molecular weight is 264 g/mol. The van der Waals surface area contributed by atoms with Gasteiger partial charge in [0.05, 0.1) is 7.11 Å². The van der Waals surface area contributed by atoms with Crippen molar-refractivity contribution in [1.29, 1.82) is 0 Å². The summed E-state index contributed by atoms with van der Waals surface area (Å²) in [4.78, 5) is 2.37. The molecule has 0 aliphatic carbocycles. The quantitative estimate of drug-likeness (QED) is 0.783. The third-order valence-electron chi connectivity index (χ3n) is 3.75. The Morgan fingerprint density at radius 2 is 1.95 bits per heavy atom. The van der Waals surface area contributed by atoms with Crippen LogP contribution >= 0.6 is 0 Å². The van der Waals surface area contributed by atoms with Crippen LogP contribution in [0.2, 0.25) is 0 Å². The summed E-state index contributed by atoms with van der Waals surface area (Å²) < 4.78 is 5.38. The number of benzene rings is 1. The van der Waals surface area contributed by atoms with E-state index in [1.54, 1.807) is 7.11 Å². The fraction of sp³-hybridized carbons (Fsp3) is 0.625. The molecule has 1 atom stereocenters. The summed E-state index contributed by atoms with van der Waals surface area (Å²) in [5, 5.41) is 0. The van der Waals surface area contributed by atoms with E-state index in [4.69, 9.17) is 10.5 Å². The molecule has 108 valence electrons.